The number of aromatic nitrogens is 3. The molecule has 1 N–H and O–H groups in total. The lowest BCUT2D eigenvalue weighted by atomic mass is 9.96. The molecule has 4 rings (SSSR count). The Hall–Kier alpha value is -3.29. The molecule has 0 saturated heterocycles. The molecule has 0 bridgehead atoms. The maximum atomic E-state index is 13.5. The number of fused-ring (bicyclic) bond motifs is 2. The molecular weight excluding hydrogens is 396 g/mol. The number of esters is 1. The summed E-state index contributed by atoms with van der Waals surface area (Å²) in [6.07, 6.45) is 0.645. The largest absolute Gasteiger partial charge is 0.464 e. The van der Waals surface area contributed by atoms with Crippen molar-refractivity contribution >= 4 is 22.9 Å². The van der Waals surface area contributed by atoms with Crippen LogP contribution in [0, 0.1) is 5.41 Å². The van der Waals surface area contributed by atoms with Crippen molar-refractivity contribution in [2.24, 2.45) is 12.5 Å². The molecule has 1 aliphatic heterocycles. The number of hydrogen-bond acceptors (Lipinski definition) is 4. The smallest absolute Gasteiger partial charge is 0.354 e. The van der Waals surface area contributed by atoms with E-state index in [0.29, 0.717) is 48.3 Å². The quantitative estimate of drug-likeness (QED) is 0.655. The monoisotopic (exact) mass is 424 g/mol. The number of nitrogens with one attached hydrogen (secondary N) is 1. The van der Waals surface area contributed by atoms with Crippen molar-refractivity contribution in [3.8, 4) is 0 Å². The van der Waals surface area contributed by atoms with Gasteiger partial charge < -0.3 is 19.2 Å². The van der Waals surface area contributed by atoms with Crippen LogP contribution in [-0.4, -0.2) is 44.5 Å². The van der Waals surface area contributed by atoms with E-state index in [-0.39, 0.29) is 17.0 Å². The standard InChI is InChI=1S/C23H28N4O4/c1-23(2,3)13-27-19-15(7-6-8-16(19)24-22(27)30)20(28)26-10-9-17-14(12-26)11-18(25(17)4)21(29)31-5/h6-8,11H,9-10,12-13H2,1-5H3,(H,24,30). The molecule has 2 aromatic heterocycles. The second-order valence-corrected chi connectivity index (χ2v) is 9.31. The fraction of sp³-hybridized carbons (Fsp3) is 0.435. The number of hydrogen-bond donors (Lipinski definition) is 1. The lowest BCUT2D eigenvalue weighted by Crippen LogP contribution is -2.36. The first kappa shape index (κ1) is 21.0. The molecule has 31 heavy (non-hydrogen) atoms. The van der Waals surface area contributed by atoms with Crippen LogP contribution in [0.4, 0.5) is 0 Å². The first-order chi connectivity index (χ1) is 14.6. The second-order valence-electron chi connectivity index (χ2n) is 9.31. The van der Waals surface area contributed by atoms with Gasteiger partial charge in [-0.25, -0.2) is 9.59 Å². The lowest BCUT2D eigenvalue weighted by Gasteiger charge is -2.28. The normalized spacial score (nSPS) is 14.0. The lowest BCUT2D eigenvalue weighted by molar-refractivity contribution is 0.0589. The Labute approximate surface area is 180 Å². The first-order valence-corrected chi connectivity index (χ1v) is 10.4. The molecule has 0 unspecified atom stereocenters. The van der Waals surface area contributed by atoms with Crippen LogP contribution in [0.1, 0.15) is 52.9 Å². The number of carbonyl (C=O) groups excluding carboxylic acids is 2. The highest BCUT2D eigenvalue weighted by Gasteiger charge is 2.29. The number of benzene rings is 1. The van der Waals surface area contributed by atoms with E-state index in [4.69, 9.17) is 4.74 Å². The summed E-state index contributed by atoms with van der Waals surface area (Å²) in [6.45, 7) is 7.62. The van der Waals surface area contributed by atoms with Crippen molar-refractivity contribution in [1.82, 2.24) is 19.0 Å². The van der Waals surface area contributed by atoms with Crippen LogP contribution in [0.2, 0.25) is 0 Å². The minimum Gasteiger partial charge on any atom is -0.464 e. The van der Waals surface area contributed by atoms with E-state index in [9.17, 15) is 14.4 Å². The van der Waals surface area contributed by atoms with Gasteiger partial charge in [0.1, 0.15) is 5.69 Å². The molecule has 1 aliphatic rings. The highest BCUT2D eigenvalue weighted by molar-refractivity contribution is 6.05. The van der Waals surface area contributed by atoms with Crippen LogP contribution in [0.15, 0.2) is 29.1 Å². The number of rotatable bonds is 3. The van der Waals surface area contributed by atoms with Gasteiger partial charge in [0.25, 0.3) is 5.91 Å². The number of nitrogens with zero attached hydrogens (tertiary/aromatic N) is 3. The number of ether oxygens (including phenoxy) is 1. The molecule has 8 heteroatoms. The molecule has 0 aliphatic carbocycles. The van der Waals surface area contributed by atoms with Crippen molar-refractivity contribution in [3.63, 3.8) is 0 Å². The number of amides is 1. The Morgan fingerprint density at radius 3 is 2.65 bits per heavy atom. The zero-order chi connectivity index (χ0) is 22.5. The van der Waals surface area contributed by atoms with E-state index in [2.05, 4.69) is 25.8 Å². The first-order valence-electron chi connectivity index (χ1n) is 10.4. The van der Waals surface area contributed by atoms with Gasteiger partial charge >= 0.3 is 11.7 Å². The van der Waals surface area contributed by atoms with Crippen LogP contribution in [0.3, 0.4) is 0 Å². The summed E-state index contributed by atoms with van der Waals surface area (Å²) in [4.78, 5) is 42.8. The third-order valence-corrected chi connectivity index (χ3v) is 5.76. The molecule has 164 valence electrons. The topological polar surface area (TPSA) is 89.3 Å². The van der Waals surface area contributed by atoms with Crippen LogP contribution < -0.4 is 5.69 Å². The minimum atomic E-state index is -0.391. The SMILES string of the molecule is COC(=O)c1cc2c(n1C)CCN(C(=O)c1cccc3[nH]c(=O)n(CC(C)(C)C)c13)C2. The Bertz CT molecular complexity index is 1240. The number of aromatic amines is 1. The van der Waals surface area contributed by atoms with Gasteiger partial charge in [0, 0.05) is 38.8 Å². The maximum absolute atomic E-state index is 13.5. The molecule has 3 heterocycles. The van der Waals surface area contributed by atoms with Gasteiger partial charge in [-0.15, -0.1) is 0 Å². The summed E-state index contributed by atoms with van der Waals surface area (Å²) in [7, 11) is 3.20. The Morgan fingerprint density at radius 2 is 1.97 bits per heavy atom. The van der Waals surface area contributed by atoms with Gasteiger partial charge in [-0.3, -0.25) is 9.36 Å². The minimum absolute atomic E-state index is 0.122. The molecular formula is C23H28N4O4. The average molecular weight is 425 g/mol. The second kappa shape index (κ2) is 7.44. The molecule has 8 nitrogen and oxygen atoms in total. The third kappa shape index (κ3) is 3.66. The van der Waals surface area contributed by atoms with Crippen molar-refractivity contribution in [2.75, 3.05) is 13.7 Å². The summed E-state index contributed by atoms with van der Waals surface area (Å²) < 4.78 is 8.37. The number of methoxy groups -OCH3 is 1. The van der Waals surface area contributed by atoms with Crippen molar-refractivity contribution < 1.29 is 14.3 Å². The van der Waals surface area contributed by atoms with E-state index in [0.717, 1.165) is 11.3 Å². The summed E-state index contributed by atoms with van der Waals surface area (Å²) in [5.74, 6) is -0.514. The van der Waals surface area contributed by atoms with Crippen LogP contribution in [-0.2, 0) is 31.3 Å². The third-order valence-electron chi connectivity index (χ3n) is 5.76. The molecule has 0 radical (unpaired) electrons. The Morgan fingerprint density at radius 1 is 1.23 bits per heavy atom. The summed E-state index contributed by atoms with van der Waals surface area (Å²) in [6, 6.07) is 7.19. The molecule has 1 amide bonds. The number of para-hydroxylation sites is 1. The van der Waals surface area contributed by atoms with E-state index in [1.165, 1.54) is 7.11 Å². The predicted molar refractivity (Wildman–Crippen MR) is 117 cm³/mol. The fourth-order valence-electron chi connectivity index (χ4n) is 4.36. The summed E-state index contributed by atoms with van der Waals surface area (Å²) >= 11 is 0. The van der Waals surface area contributed by atoms with E-state index in [1.807, 2.05) is 17.7 Å². The molecule has 0 fully saturated rings. The molecule has 0 spiro atoms. The fourth-order valence-corrected chi connectivity index (χ4v) is 4.36. The van der Waals surface area contributed by atoms with Gasteiger partial charge in [-0.1, -0.05) is 26.8 Å². The predicted octanol–water partition coefficient (Wildman–Crippen LogP) is 2.70. The Kier molecular flexibility index (Phi) is 5.03. The van der Waals surface area contributed by atoms with Gasteiger partial charge in [-0.05, 0) is 29.2 Å². The van der Waals surface area contributed by atoms with E-state index >= 15 is 0 Å². The molecule has 1 aromatic carbocycles. The van der Waals surface area contributed by atoms with Gasteiger partial charge in [-0.2, -0.15) is 0 Å². The maximum Gasteiger partial charge on any atom is 0.354 e. The van der Waals surface area contributed by atoms with Crippen LogP contribution in [0.5, 0.6) is 0 Å². The van der Waals surface area contributed by atoms with Crippen molar-refractivity contribution in [3.05, 3.63) is 57.3 Å². The van der Waals surface area contributed by atoms with Gasteiger partial charge in [0.15, 0.2) is 0 Å². The Balaban J connectivity index is 1.71. The summed E-state index contributed by atoms with van der Waals surface area (Å²) in [5, 5.41) is 0. The summed E-state index contributed by atoms with van der Waals surface area (Å²) in [5.41, 5.74) is 3.93. The average Bonchev–Trinajstić information content (AvgIpc) is 3.22. The van der Waals surface area contributed by atoms with Gasteiger partial charge in [0.05, 0.1) is 23.7 Å². The van der Waals surface area contributed by atoms with E-state index < -0.39 is 5.97 Å². The molecule has 0 atom stereocenters. The highest BCUT2D eigenvalue weighted by Crippen LogP contribution is 2.27. The van der Waals surface area contributed by atoms with Crippen LogP contribution >= 0.6 is 0 Å². The van der Waals surface area contributed by atoms with E-state index in [1.54, 1.807) is 27.7 Å². The van der Waals surface area contributed by atoms with Gasteiger partial charge in [0.2, 0.25) is 0 Å². The number of imidazole rings is 1. The number of carbonyl (C=O) groups is 2. The van der Waals surface area contributed by atoms with Crippen molar-refractivity contribution in [1.29, 1.82) is 0 Å². The number of H-pyrrole nitrogens is 1. The molecule has 3 aromatic rings. The van der Waals surface area contributed by atoms with Crippen LogP contribution in [0.25, 0.3) is 11.0 Å². The zero-order valence-corrected chi connectivity index (χ0v) is 18.6. The molecule has 0 saturated carbocycles. The highest BCUT2D eigenvalue weighted by atomic mass is 16.5. The zero-order valence-electron chi connectivity index (χ0n) is 18.6. The van der Waals surface area contributed by atoms with Crippen molar-refractivity contribution in [2.45, 2.75) is 40.3 Å².